The van der Waals surface area contributed by atoms with Crippen LogP contribution in [0.4, 0.5) is 0 Å². The van der Waals surface area contributed by atoms with Crippen molar-refractivity contribution in [2.24, 2.45) is 5.92 Å². The Morgan fingerprint density at radius 3 is 2.71 bits per heavy atom. The Morgan fingerprint density at radius 1 is 1.47 bits per heavy atom. The first-order valence-electron chi connectivity index (χ1n) is 6.28. The fraction of sp³-hybridized carbons (Fsp3) is 0.692. The molecule has 0 N–H and O–H groups in total. The van der Waals surface area contributed by atoms with Crippen molar-refractivity contribution in [3.63, 3.8) is 0 Å². The summed E-state index contributed by atoms with van der Waals surface area (Å²) in [5.74, 6) is 0.209. The smallest absolute Gasteiger partial charge is 0.194 e. The summed E-state index contributed by atoms with van der Waals surface area (Å²) in [6.45, 7) is 9.37. The standard InChI is InChI=1S/C13H22N2O2/c1-5-7-15-9-11(8-14-15)12(16)13(10(3)4)17-6-2/h8-10,13H,5-7H2,1-4H3. The van der Waals surface area contributed by atoms with E-state index in [4.69, 9.17) is 4.74 Å². The number of aromatic nitrogens is 2. The molecule has 1 rings (SSSR count). The summed E-state index contributed by atoms with van der Waals surface area (Å²) in [5.41, 5.74) is 0.644. The molecule has 1 unspecified atom stereocenters. The van der Waals surface area contributed by atoms with Crippen molar-refractivity contribution in [1.29, 1.82) is 0 Å². The molecule has 0 aromatic carbocycles. The van der Waals surface area contributed by atoms with E-state index in [0.717, 1.165) is 13.0 Å². The molecule has 0 saturated heterocycles. The van der Waals surface area contributed by atoms with E-state index in [-0.39, 0.29) is 17.8 Å². The highest BCUT2D eigenvalue weighted by atomic mass is 16.5. The Balaban J connectivity index is 2.78. The van der Waals surface area contributed by atoms with Crippen LogP contribution in [0.15, 0.2) is 12.4 Å². The third kappa shape index (κ3) is 3.66. The zero-order chi connectivity index (χ0) is 12.8. The molecule has 0 amide bonds. The average Bonchev–Trinajstić information content (AvgIpc) is 2.73. The minimum atomic E-state index is -0.362. The summed E-state index contributed by atoms with van der Waals surface area (Å²) in [7, 11) is 0. The fourth-order valence-electron chi connectivity index (χ4n) is 1.76. The van der Waals surface area contributed by atoms with Gasteiger partial charge >= 0.3 is 0 Å². The van der Waals surface area contributed by atoms with E-state index in [1.807, 2.05) is 20.8 Å². The number of ether oxygens (including phenoxy) is 1. The van der Waals surface area contributed by atoms with Crippen LogP contribution in [-0.4, -0.2) is 28.3 Å². The summed E-state index contributed by atoms with van der Waals surface area (Å²) in [6.07, 6.45) is 4.08. The van der Waals surface area contributed by atoms with Crippen molar-refractivity contribution in [1.82, 2.24) is 9.78 Å². The fourth-order valence-corrected chi connectivity index (χ4v) is 1.76. The van der Waals surface area contributed by atoms with Gasteiger partial charge in [-0.25, -0.2) is 0 Å². The van der Waals surface area contributed by atoms with Gasteiger partial charge in [-0.2, -0.15) is 5.10 Å². The van der Waals surface area contributed by atoms with Gasteiger partial charge in [0.25, 0.3) is 0 Å². The number of Topliss-reactive ketones (excluding diaryl/α,β-unsaturated/α-hetero) is 1. The van der Waals surface area contributed by atoms with E-state index in [9.17, 15) is 4.79 Å². The third-order valence-corrected chi connectivity index (χ3v) is 2.58. The van der Waals surface area contributed by atoms with E-state index < -0.39 is 0 Å². The van der Waals surface area contributed by atoms with Crippen LogP contribution in [-0.2, 0) is 11.3 Å². The molecule has 96 valence electrons. The molecular formula is C13H22N2O2. The molecule has 1 heterocycles. The molecule has 4 nitrogen and oxygen atoms in total. The second kappa shape index (κ2) is 6.55. The normalized spacial score (nSPS) is 13.0. The van der Waals surface area contributed by atoms with E-state index in [1.165, 1.54) is 0 Å². The van der Waals surface area contributed by atoms with Crippen LogP contribution in [0.25, 0.3) is 0 Å². The number of rotatable bonds is 7. The number of carbonyl (C=O) groups is 1. The molecule has 4 heteroatoms. The van der Waals surface area contributed by atoms with E-state index in [2.05, 4.69) is 12.0 Å². The first-order valence-corrected chi connectivity index (χ1v) is 6.28. The van der Waals surface area contributed by atoms with Crippen LogP contribution in [0, 0.1) is 5.92 Å². The van der Waals surface area contributed by atoms with Crippen LogP contribution in [0.1, 0.15) is 44.5 Å². The summed E-state index contributed by atoms with van der Waals surface area (Å²) in [5, 5.41) is 4.17. The highest BCUT2D eigenvalue weighted by Crippen LogP contribution is 2.13. The lowest BCUT2D eigenvalue weighted by Gasteiger charge is -2.18. The van der Waals surface area contributed by atoms with Crippen LogP contribution in [0.2, 0.25) is 0 Å². The lowest BCUT2D eigenvalue weighted by Crippen LogP contribution is -2.29. The van der Waals surface area contributed by atoms with Gasteiger partial charge in [0.1, 0.15) is 6.10 Å². The lowest BCUT2D eigenvalue weighted by molar-refractivity contribution is 0.0279. The zero-order valence-electron chi connectivity index (χ0n) is 11.1. The minimum absolute atomic E-state index is 0.0317. The maximum atomic E-state index is 12.2. The van der Waals surface area contributed by atoms with E-state index in [0.29, 0.717) is 12.2 Å². The van der Waals surface area contributed by atoms with Gasteiger partial charge in [0.05, 0.1) is 11.8 Å². The highest BCUT2D eigenvalue weighted by Gasteiger charge is 2.24. The number of ketones is 1. The molecule has 0 aliphatic rings. The number of nitrogens with zero attached hydrogens (tertiary/aromatic N) is 2. The van der Waals surface area contributed by atoms with Gasteiger partial charge in [-0.15, -0.1) is 0 Å². The molecule has 0 saturated carbocycles. The van der Waals surface area contributed by atoms with Gasteiger partial charge in [-0.1, -0.05) is 20.8 Å². The second-order valence-corrected chi connectivity index (χ2v) is 4.48. The monoisotopic (exact) mass is 238 g/mol. The van der Waals surface area contributed by atoms with Gasteiger partial charge in [-0.05, 0) is 19.3 Å². The quantitative estimate of drug-likeness (QED) is 0.686. The molecule has 0 bridgehead atoms. The van der Waals surface area contributed by atoms with Crippen LogP contribution in [0.3, 0.4) is 0 Å². The van der Waals surface area contributed by atoms with E-state index in [1.54, 1.807) is 17.1 Å². The molecular weight excluding hydrogens is 216 g/mol. The van der Waals surface area contributed by atoms with Crippen molar-refractivity contribution >= 4 is 5.78 Å². The molecule has 1 atom stereocenters. The molecule has 17 heavy (non-hydrogen) atoms. The number of aryl methyl sites for hydroxylation is 1. The van der Waals surface area contributed by atoms with Crippen molar-refractivity contribution in [2.75, 3.05) is 6.61 Å². The van der Waals surface area contributed by atoms with Gasteiger partial charge in [-0.3, -0.25) is 9.48 Å². The Kier molecular flexibility index (Phi) is 5.35. The zero-order valence-corrected chi connectivity index (χ0v) is 11.1. The molecule has 1 aromatic heterocycles. The van der Waals surface area contributed by atoms with E-state index >= 15 is 0 Å². The van der Waals surface area contributed by atoms with Crippen molar-refractivity contribution in [3.05, 3.63) is 18.0 Å². The minimum Gasteiger partial charge on any atom is -0.370 e. The Morgan fingerprint density at radius 2 is 2.18 bits per heavy atom. The highest BCUT2D eigenvalue weighted by molar-refractivity contribution is 5.99. The average molecular weight is 238 g/mol. The van der Waals surface area contributed by atoms with Gasteiger partial charge < -0.3 is 4.74 Å². The van der Waals surface area contributed by atoms with Crippen LogP contribution < -0.4 is 0 Å². The lowest BCUT2D eigenvalue weighted by atomic mass is 9.99. The first kappa shape index (κ1) is 13.9. The van der Waals surface area contributed by atoms with Crippen LogP contribution >= 0.6 is 0 Å². The molecule has 0 fully saturated rings. The van der Waals surface area contributed by atoms with Crippen molar-refractivity contribution in [2.45, 2.75) is 46.8 Å². The summed E-state index contributed by atoms with van der Waals surface area (Å²) in [6, 6.07) is 0. The largest absolute Gasteiger partial charge is 0.370 e. The SMILES string of the molecule is CCCn1cc(C(=O)C(OCC)C(C)C)cn1. The Hall–Kier alpha value is -1.16. The predicted octanol–water partition coefficient (Wildman–Crippen LogP) is 2.54. The number of hydrogen-bond acceptors (Lipinski definition) is 3. The topological polar surface area (TPSA) is 44.1 Å². The molecule has 0 aliphatic heterocycles. The summed E-state index contributed by atoms with van der Waals surface area (Å²) in [4.78, 5) is 12.2. The molecule has 0 aliphatic carbocycles. The summed E-state index contributed by atoms with van der Waals surface area (Å²) < 4.78 is 7.30. The van der Waals surface area contributed by atoms with Crippen molar-refractivity contribution < 1.29 is 9.53 Å². The molecule has 0 radical (unpaired) electrons. The maximum absolute atomic E-state index is 12.2. The van der Waals surface area contributed by atoms with Crippen molar-refractivity contribution in [3.8, 4) is 0 Å². The Bertz CT molecular complexity index is 358. The third-order valence-electron chi connectivity index (χ3n) is 2.58. The summed E-state index contributed by atoms with van der Waals surface area (Å²) >= 11 is 0. The van der Waals surface area contributed by atoms with Crippen LogP contribution in [0.5, 0.6) is 0 Å². The molecule has 0 spiro atoms. The van der Waals surface area contributed by atoms with Gasteiger partial charge in [0.15, 0.2) is 5.78 Å². The maximum Gasteiger partial charge on any atom is 0.194 e. The second-order valence-electron chi connectivity index (χ2n) is 4.48. The number of carbonyl (C=O) groups excluding carboxylic acids is 1. The molecule has 1 aromatic rings. The van der Waals surface area contributed by atoms with Gasteiger partial charge in [0, 0.05) is 19.3 Å². The Labute approximate surface area is 103 Å². The number of hydrogen-bond donors (Lipinski definition) is 0. The predicted molar refractivity (Wildman–Crippen MR) is 67.1 cm³/mol. The van der Waals surface area contributed by atoms with Gasteiger partial charge in [0.2, 0.25) is 0 Å². The first-order chi connectivity index (χ1) is 8.10.